The third kappa shape index (κ3) is 2.53. The number of nitrogens with zero attached hydrogens (tertiary/aromatic N) is 4. The molecule has 124 valence electrons. The lowest BCUT2D eigenvalue weighted by molar-refractivity contribution is -0.0279. The maximum Gasteiger partial charge on any atom is 0.221 e. The lowest BCUT2D eigenvalue weighted by atomic mass is 9.66. The molecule has 3 heterocycles. The Bertz CT molecular complexity index is 890. The fraction of sp³-hybridized carbons (Fsp3) is 0.389. The van der Waals surface area contributed by atoms with E-state index in [-0.39, 0.29) is 5.95 Å². The summed E-state index contributed by atoms with van der Waals surface area (Å²) in [6.07, 6.45) is 7.49. The third-order valence-electron chi connectivity index (χ3n) is 5.06. The zero-order valence-electron chi connectivity index (χ0n) is 13.8. The largest absolute Gasteiger partial charge is 0.390 e. The van der Waals surface area contributed by atoms with Crippen LogP contribution >= 0.6 is 0 Å². The van der Waals surface area contributed by atoms with Gasteiger partial charge in [-0.2, -0.15) is 4.98 Å². The van der Waals surface area contributed by atoms with Gasteiger partial charge in [0, 0.05) is 35.6 Å². The summed E-state index contributed by atoms with van der Waals surface area (Å²) >= 11 is 0. The van der Waals surface area contributed by atoms with Crippen molar-refractivity contribution in [3.8, 4) is 5.82 Å². The number of aliphatic hydroxyl groups is 1. The van der Waals surface area contributed by atoms with Gasteiger partial charge < -0.3 is 15.4 Å². The van der Waals surface area contributed by atoms with E-state index in [4.69, 9.17) is 5.73 Å². The first-order valence-electron chi connectivity index (χ1n) is 8.20. The Balaban J connectivity index is 1.67. The highest BCUT2D eigenvalue weighted by Crippen LogP contribution is 2.46. The van der Waals surface area contributed by atoms with Gasteiger partial charge in [0.2, 0.25) is 5.95 Å². The van der Waals surface area contributed by atoms with Crippen molar-refractivity contribution in [1.29, 1.82) is 0 Å². The molecule has 1 fully saturated rings. The van der Waals surface area contributed by atoms with Crippen LogP contribution in [0.25, 0.3) is 16.7 Å². The van der Waals surface area contributed by atoms with Crippen LogP contribution in [0, 0.1) is 5.92 Å². The van der Waals surface area contributed by atoms with E-state index in [0.717, 1.165) is 35.3 Å². The number of nitrogen functional groups attached to an aromatic ring is 1. The molecule has 1 saturated carbocycles. The van der Waals surface area contributed by atoms with Gasteiger partial charge in [-0.05, 0) is 50.8 Å². The molecule has 0 spiro atoms. The Morgan fingerprint density at radius 2 is 2.04 bits per heavy atom. The molecule has 3 aromatic heterocycles. The second-order valence-electron chi connectivity index (χ2n) is 7.15. The van der Waals surface area contributed by atoms with E-state index in [1.165, 1.54) is 0 Å². The molecular weight excluding hydrogens is 302 g/mol. The van der Waals surface area contributed by atoms with Gasteiger partial charge in [-0.15, -0.1) is 0 Å². The van der Waals surface area contributed by atoms with Crippen molar-refractivity contribution in [1.82, 2.24) is 19.5 Å². The van der Waals surface area contributed by atoms with Gasteiger partial charge in [0.15, 0.2) is 0 Å². The molecule has 3 N–H and O–H groups in total. The highest BCUT2D eigenvalue weighted by atomic mass is 16.3. The standard InChI is InChI=1S/C18H21N5O/c1-18(2,24)13-7-12(8-13)14-9-15-11(10-21-14)4-6-23(15)16-3-5-20-17(19)22-16/h3-6,9-10,12-13,24H,7-8H2,1-2H3,(H2,19,20,22). The first-order valence-corrected chi connectivity index (χ1v) is 8.20. The molecule has 0 unspecified atom stereocenters. The fourth-order valence-electron chi connectivity index (χ4n) is 3.40. The van der Waals surface area contributed by atoms with E-state index in [1.54, 1.807) is 6.20 Å². The minimum atomic E-state index is -0.612. The Kier molecular flexibility index (Phi) is 3.31. The van der Waals surface area contributed by atoms with Gasteiger partial charge in [-0.25, -0.2) is 4.98 Å². The first kappa shape index (κ1) is 15.1. The molecule has 4 rings (SSSR count). The number of pyridine rings is 1. The number of hydrogen-bond acceptors (Lipinski definition) is 5. The van der Waals surface area contributed by atoms with Crippen LogP contribution in [-0.4, -0.2) is 30.2 Å². The van der Waals surface area contributed by atoms with Gasteiger partial charge in [-0.1, -0.05) is 0 Å². The van der Waals surface area contributed by atoms with Crippen molar-refractivity contribution >= 4 is 16.9 Å². The second-order valence-corrected chi connectivity index (χ2v) is 7.15. The number of fused-ring (bicyclic) bond motifs is 1. The molecule has 0 aromatic carbocycles. The summed E-state index contributed by atoms with van der Waals surface area (Å²) in [5.41, 5.74) is 7.22. The number of nitrogens with two attached hydrogens (primary N) is 1. The molecule has 0 bridgehead atoms. The molecule has 0 saturated heterocycles. The van der Waals surface area contributed by atoms with Gasteiger partial charge in [-0.3, -0.25) is 4.98 Å². The van der Waals surface area contributed by atoms with Crippen molar-refractivity contribution in [2.75, 3.05) is 5.73 Å². The van der Waals surface area contributed by atoms with Crippen molar-refractivity contribution in [3.05, 3.63) is 42.5 Å². The van der Waals surface area contributed by atoms with Crippen LogP contribution < -0.4 is 5.73 Å². The van der Waals surface area contributed by atoms with E-state index < -0.39 is 5.60 Å². The predicted molar refractivity (Wildman–Crippen MR) is 92.8 cm³/mol. The normalized spacial score (nSPS) is 21.0. The van der Waals surface area contributed by atoms with Crippen molar-refractivity contribution in [2.45, 2.75) is 38.2 Å². The maximum absolute atomic E-state index is 10.1. The van der Waals surface area contributed by atoms with Crippen LogP contribution in [0.1, 0.15) is 38.3 Å². The summed E-state index contributed by atoms with van der Waals surface area (Å²) in [4.78, 5) is 12.9. The van der Waals surface area contributed by atoms with Crippen molar-refractivity contribution < 1.29 is 5.11 Å². The predicted octanol–water partition coefficient (Wildman–Crippen LogP) is 2.66. The fourth-order valence-corrected chi connectivity index (χ4v) is 3.40. The molecule has 0 aliphatic heterocycles. The van der Waals surface area contributed by atoms with E-state index in [9.17, 15) is 5.11 Å². The Morgan fingerprint density at radius 3 is 2.75 bits per heavy atom. The monoisotopic (exact) mass is 323 g/mol. The molecule has 6 nitrogen and oxygen atoms in total. The Labute approximate surface area is 140 Å². The first-order chi connectivity index (χ1) is 11.4. The Hall–Kier alpha value is -2.47. The van der Waals surface area contributed by atoms with Gasteiger partial charge in [0.25, 0.3) is 0 Å². The summed E-state index contributed by atoms with van der Waals surface area (Å²) in [5, 5.41) is 11.2. The van der Waals surface area contributed by atoms with Crippen molar-refractivity contribution in [2.24, 2.45) is 5.92 Å². The molecule has 0 atom stereocenters. The molecule has 0 amide bonds. The molecule has 1 aliphatic carbocycles. The van der Waals surface area contributed by atoms with Crippen LogP contribution in [0.15, 0.2) is 36.8 Å². The minimum Gasteiger partial charge on any atom is -0.390 e. The van der Waals surface area contributed by atoms with E-state index in [0.29, 0.717) is 11.8 Å². The van der Waals surface area contributed by atoms with Crippen LogP contribution in [0.5, 0.6) is 0 Å². The van der Waals surface area contributed by atoms with E-state index in [1.807, 2.05) is 42.9 Å². The zero-order chi connectivity index (χ0) is 16.9. The smallest absolute Gasteiger partial charge is 0.221 e. The molecule has 24 heavy (non-hydrogen) atoms. The lowest BCUT2D eigenvalue weighted by Gasteiger charge is -2.42. The second kappa shape index (κ2) is 5.27. The molecule has 1 aliphatic rings. The minimum absolute atomic E-state index is 0.260. The van der Waals surface area contributed by atoms with Crippen LogP contribution in [0.2, 0.25) is 0 Å². The van der Waals surface area contributed by atoms with Gasteiger partial charge in [0.05, 0.1) is 11.1 Å². The number of aromatic nitrogens is 4. The van der Waals surface area contributed by atoms with Gasteiger partial charge in [0.1, 0.15) is 5.82 Å². The highest BCUT2D eigenvalue weighted by molar-refractivity contribution is 5.81. The third-order valence-corrected chi connectivity index (χ3v) is 5.06. The average molecular weight is 323 g/mol. The molecule has 6 heteroatoms. The van der Waals surface area contributed by atoms with E-state index in [2.05, 4.69) is 21.0 Å². The number of anilines is 1. The van der Waals surface area contributed by atoms with E-state index >= 15 is 0 Å². The summed E-state index contributed by atoms with van der Waals surface area (Å²) in [7, 11) is 0. The average Bonchev–Trinajstić information content (AvgIpc) is 2.87. The van der Waals surface area contributed by atoms with Gasteiger partial charge >= 0.3 is 0 Å². The van der Waals surface area contributed by atoms with Crippen LogP contribution in [0.4, 0.5) is 5.95 Å². The lowest BCUT2D eigenvalue weighted by Crippen LogP contribution is -2.39. The summed E-state index contributed by atoms with van der Waals surface area (Å²) in [5.74, 6) is 1.76. The summed E-state index contributed by atoms with van der Waals surface area (Å²) in [6.45, 7) is 3.77. The number of hydrogen-bond donors (Lipinski definition) is 2. The quantitative estimate of drug-likeness (QED) is 0.773. The maximum atomic E-state index is 10.1. The summed E-state index contributed by atoms with van der Waals surface area (Å²) in [6, 6.07) is 5.98. The highest BCUT2D eigenvalue weighted by Gasteiger charge is 2.40. The molecule has 0 radical (unpaired) electrons. The Morgan fingerprint density at radius 1 is 1.25 bits per heavy atom. The zero-order valence-corrected chi connectivity index (χ0v) is 13.8. The summed E-state index contributed by atoms with van der Waals surface area (Å²) < 4.78 is 2.00. The van der Waals surface area contributed by atoms with Crippen molar-refractivity contribution in [3.63, 3.8) is 0 Å². The number of rotatable bonds is 3. The van der Waals surface area contributed by atoms with Crippen LogP contribution in [-0.2, 0) is 0 Å². The van der Waals surface area contributed by atoms with Crippen LogP contribution in [0.3, 0.4) is 0 Å². The SMILES string of the molecule is CC(C)(O)C1CC(c2cc3c(ccn3-c3ccnc(N)n3)cn2)C1. The molecular formula is C18H21N5O. The molecule has 3 aromatic rings. The topological polar surface area (TPSA) is 89.8 Å².